The molecule has 0 aliphatic carbocycles. The number of hydrogen-bond donors (Lipinski definition) is 0. The van der Waals surface area contributed by atoms with Gasteiger partial charge in [-0.15, -0.1) is 0 Å². The third-order valence-electron chi connectivity index (χ3n) is 4.93. The van der Waals surface area contributed by atoms with E-state index in [9.17, 15) is 13.2 Å². The predicted molar refractivity (Wildman–Crippen MR) is 99.2 cm³/mol. The van der Waals surface area contributed by atoms with E-state index in [2.05, 4.69) is 14.7 Å². The van der Waals surface area contributed by atoms with Crippen LogP contribution in [0.25, 0.3) is 0 Å². The number of aryl methyl sites for hydroxylation is 1. The molecule has 1 aliphatic heterocycles. The van der Waals surface area contributed by atoms with E-state index >= 15 is 0 Å². The number of rotatable bonds is 6. The Bertz CT molecular complexity index is 944. The summed E-state index contributed by atoms with van der Waals surface area (Å²) >= 11 is 0. The van der Waals surface area contributed by atoms with Crippen molar-refractivity contribution in [1.82, 2.24) is 14.7 Å². The van der Waals surface area contributed by atoms with Crippen LogP contribution in [0.1, 0.15) is 45.7 Å². The van der Waals surface area contributed by atoms with E-state index in [0.717, 1.165) is 17.0 Å². The molecule has 2 aromatic rings. The molecule has 9 heteroatoms. The van der Waals surface area contributed by atoms with Crippen molar-refractivity contribution in [2.45, 2.75) is 39.4 Å². The Hall–Kier alpha value is -2.13. The molecule has 0 radical (unpaired) electrons. The summed E-state index contributed by atoms with van der Waals surface area (Å²) in [4.78, 5) is 13.5. The van der Waals surface area contributed by atoms with Gasteiger partial charge < -0.3 is 9.15 Å². The van der Waals surface area contributed by atoms with Gasteiger partial charge in [-0.3, -0.25) is 9.58 Å². The van der Waals surface area contributed by atoms with E-state index in [1.165, 1.54) is 7.11 Å². The van der Waals surface area contributed by atoms with E-state index in [1.807, 2.05) is 25.6 Å². The molecule has 3 rings (SSSR count). The van der Waals surface area contributed by atoms with E-state index in [1.54, 1.807) is 12.1 Å². The molecule has 8 nitrogen and oxygen atoms in total. The minimum Gasteiger partial charge on any atom is -0.463 e. The molecule has 0 unspecified atom stereocenters. The average Bonchev–Trinajstić information content (AvgIpc) is 3.28. The number of furan rings is 1. The SMILES string of the molecule is COC(=O)c1ccc(CN(C)Cc2c(C)nn([C@H]3CCS(=O)(=O)C3)c2C)o1. The van der Waals surface area contributed by atoms with Crippen LogP contribution in [-0.2, 0) is 27.7 Å². The standard InChI is InChI=1S/C18H25N3O5S/c1-12-16(13(2)21(19-12)14-7-8-27(23,24)11-14)10-20(3)9-15-5-6-17(26-15)18(22)25-4/h5-6,14H,7-11H2,1-4H3/t14-/m0/s1. The molecule has 3 heterocycles. The van der Waals surface area contributed by atoms with Gasteiger partial charge in [-0.05, 0) is 39.4 Å². The smallest absolute Gasteiger partial charge is 0.373 e. The molecule has 1 aliphatic rings. The van der Waals surface area contributed by atoms with Gasteiger partial charge in [-0.25, -0.2) is 13.2 Å². The van der Waals surface area contributed by atoms with Crippen molar-refractivity contribution in [2.75, 3.05) is 25.7 Å². The summed E-state index contributed by atoms with van der Waals surface area (Å²) in [5.74, 6) is 0.744. The van der Waals surface area contributed by atoms with E-state index in [-0.39, 0.29) is 23.3 Å². The Balaban J connectivity index is 1.70. The average molecular weight is 395 g/mol. The molecule has 1 fully saturated rings. The van der Waals surface area contributed by atoms with Gasteiger partial charge in [0.1, 0.15) is 5.76 Å². The highest BCUT2D eigenvalue weighted by Gasteiger charge is 2.31. The predicted octanol–water partition coefficient (Wildman–Crippen LogP) is 1.87. The molecule has 2 aromatic heterocycles. The number of esters is 1. The zero-order valence-electron chi connectivity index (χ0n) is 16.1. The van der Waals surface area contributed by atoms with Crippen LogP contribution in [0, 0.1) is 13.8 Å². The maximum Gasteiger partial charge on any atom is 0.373 e. The fourth-order valence-electron chi connectivity index (χ4n) is 3.51. The van der Waals surface area contributed by atoms with Crippen molar-refractivity contribution in [1.29, 1.82) is 0 Å². The monoisotopic (exact) mass is 395 g/mol. The van der Waals surface area contributed by atoms with Crippen LogP contribution in [0.2, 0.25) is 0 Å². The first kappa shape index (κ1) is 19.6. The molecule has 0 saturated carbocycles. The number of carbonyl (C=O) groups is 1. The Morgan fingerprint density at radius 1 is 1.37 bits per heavy atom. The highest BCUT2D eigenvalue weighted by molar-refractivity contribution is 7.91. The molecule has 0 bridgehead atoms. The summed E-state index contributed by atoms with van der Waals surface area (Å²) in [6, 6.07) is 3.28. The zero-order chi connectivity index (χ0) is 19.8. The number of carbonyl (C=O) groups excluding carboxylic acids is 1. The summed E-state index contributed by atoms with van der Waals surface area (Å²) in [5, 5.41) is 4.60. The van der Waals surface area contributed by atoms with Crippen LogP contribution < -0.4 is 0 Å². The second kappa shape index (κ2) is 7.47. The molecule has 0 aromatic carbocycles. The van der Waals surface area contributed by atoms with Crippen molar-refractivity contribution in [3.8, 4) is 0 Å². The molecular weight excluding hydrogens is 370 g/mol. The molecule has 1 atom stereocenters. The van der Waals surface area contributed by atoms with E-state index < -0.39 is 15.8 Å². The number of sulfone groups is 1. The zero-order valence-corrected chi connectivity index (χ0v) is 16.9. The molecule has 0 N–H and O–H groups in total. The van der Waals surface area contributed by atoms with Gasteiger partial charge in [-0.2, -0.15) is 5.10 Å². The van der Waals surface area contributed by atoms with Crippen molar-refractivity contribution >= 4 is 15.8 Å². The summed E-state index contributed by atoms with van der Waals surface area (Å²) in [5.41, 5.74) is 2.98. The quantitative estimate of drug-likeness (QED) is 0.689. The van der Waals surface area contributed by atoms with Gasteiger partial charge in [0.25, 0.3) is 0 Å². The van der Waals surface area contributed by atoms with Crippen LogP contribution in [-0.4, -0.2) is 54.7 Å². The first-order chi connectivity index (χ1) is 12.7. The van der Waals surface area contributed by atoms with Crippen LogP contribution in [0.4, 0.5) is 0 Å². The summed E-state index contributed by atoms with van der Waals surface area (Å²) in [6.45, 7) is 5.10. The molecule has 148 valence electrons. The van der Waals surface area contributed by atoms with Gasteiger partial charge in [0, 0.05) is 17.8 Å². The van der Waals surface area contributed by atoms with Gasteiger partial charge in [0.15, 0.2) is 9.84 Å². The molecular formula is C18H25N3O5S. The Morgan fingerprint density at radius 2 is 2.11 bits per heavy atom. The Morgan fingerprint density at radius 3 is 2.74 bits per heavy atom. The number of ether oxygens (including phenoxy) is 1. The van der Waals surface area contributed by atoms with Crippen LogP contribution in [0.3, 0.4) is 0 Å². The van der Waals surface area contributed by atoms with E-state index in [4.69, 9.17) is 4.42 Å². The molecule has 27 heavy (non-hydrogen) atoms. The fraction of sp³-hybridized carbons (Fsp3) is 0.556. The Kier molecular flexibility index (Phi) is 5.43. The lowest BCUT2D eigenvalue weighted by Crippen LogP contribution is -2.18. The summed E-state index contributed by atoms with van der Waals surface area (Å²) in [7, 11) is 0.314. The minimum absolute atomic E-state index is 0.0829. The molecule has 1 saturated heterocycles. The van der Waals surface area contributed by atoms with Crippen molar-refractivity contribution in [3.05, 3.63) is 40.6 Å². The largest absolute Gasteiger partial charge is 0.463 e. The lowest BCUT2D eigenvalue weighted by atomic mass is 10.1. The number of nitrogens with zero attached hydrogens (tertiary/aromatic N) is 3. The van der Waals surface area contributed by atoms with Gasteiger partial charge in [0.05, 0.1) is 36.9 Å². The molecule has 0 spiro atoms. The van der Waals surface area contributed by atoms with Crippen molar-refractivity contribution in [3.63, 3.8) is 0 Å². The first-order valence-electron chi connectivity index (χ1n) is 8.80. The third-order valence-corrected chi connectivity index (χ3v) is 6.68. The van der Waals surface area contributed by atoms with Crippen molar-refractivity contribution < 1.29 is 22.4 Å². The van der Waals surface area contributed by atoms with Gasteiger partial charge >= 0.3 is 5.97 Å². The topological polar surface area (TPSA) is 94.6 Å². The second-order valence-electron chi connectivity index (χ2n) is 7.08. The summed E-state index contributed by atoms with van der Waals surface area (Å²) in [6.07, 6.45) is 0.613. The Labute approximate surface area is 159 Å². The second-order valence-corrected chi connectivity index (χ2v) is 9.31. The summed E-state index contributed by atoms with van der Waals surface area (Å²) < 4.78 is 35.6. The maximum absolute atomic E-state index is 11.8. The van der Waals surface area contributed by atoms with Crippen LogP contribution in [0.15, 0.2) is 16.5 Å². The number of aromatic nitrogens is 2. The lowest BCUT2D eigenvalue weighted by Gasteiger charge is -2.16. The number of methoxy groups -OCH3 is 1. The third kappa shape index (κ3) is 4.24. The van der Waals surface area contributed by atoms with E-state index in [0.29, 0.717) is 25.3 Å². The fourth-order valence-corrected chi connectivity index (χ4v) is 5.21. The van der Waals surface area contributed by atoms with Gasteiger partial charge in [0.2, 0.25) is 5.76 Å². The number of hydrogen-bond acceptors (Lipinski definition) is 7. The highest BCUT2D eigenvalue weighted by atomic mass is 32.2. The first-order valence-corrected chi connectivity index (χ1v) is 10.6. The maximum atomic E-state index is 11.8. The molecule has 0 amide bonds. The van der Waals surface area contributed by atoms with Crippen molar-refractivity contribution in [2.24, 2.45) is 0 Å². The lowest BCUT2D eigenvalue weighted by molar-refractivity contribution is 0.0561. The van der Waals surface area contributed by atoms with Gasteiger partial charge in [-0.1, -0.05) is 0 Å². The minimum atomic E-state index is -2.96. The highest BCUT2D eigenvalue weighted by Crippen LogP contribution is 2.27. The van der Waals surface area contributed by atoms with Crippen LogP contribution >= 0.6 is 0 Å². The van der Waals surface area contributed by atoms with Crippen LogP contribution in [0.5, 0.6) is 0 Å². The normalized spacial score (nSPS) is 18.9.